The second kappa shape index (κ2) is 16.6. The van der Waals surface area contributed by atoms with Gasteiger partial charge in [-0.15, -0.1) is 0 Å². The van der Waals surface area contributed by atoms with Gasteiger partial charge in [0.2, 0.25) is 0 Å². The summed E-state index contributed by atoms with van der Waals surface area (Å²) in [7, 11) is 5.08. The number of methoxy groups -OCH3 is 3. The molecule has 0 aliphatic heterocycles. The molecule has 162 valence electrons. The molecular weight excluding hydrogens is 362 g/mol. The van der Waals surface area contributed by atoms with E-state index in [-0.39, 0.29) is 0 Å². The van der Waals surface area contributed by atoms with Gasteiger partial charge in [0, 0.05) is 33.9 Å². The summed E-state index contributed by atoms with van der Waals surface area (Å²) >= 11 is 0. The van der Waals surface area contributed by atoms with Crippen LogP contribution in [0.15, 0.2) is 18.2 Å². The highest BCUT2D eigenvalue weighted by Gasteiger charge is 2.09. The standard InChI is InChI=1S/C21H37NO6/c1-5-19-7-6-8-20(25-4)21(19)28-18-17-27-16-15-26-14-11-22(9-12-23-2)10-13-24-3/h6-8H,5,9-18H2,1-4H3. The van der Waals surface area contributed by atoms with Crippen LogP contribution in [-0.4, -0.2) is 92.1 Å². The summed E-state index contributed by atoms with van der Waals surface area (Å²) in [6.45, 7) is 8.88. The minimum Gasteiger partial charge on any atom is -0.493 e. The maximum absolute atomic E-state index is 5.86. The Hall–Kier alpha value is -1.38. The number of aryl methyl sites for hydroxylation is 1. The summed E-state index contributed by atoms with van der Waals surface area (Å²) in [5, 5.41) is 0. The van der Waals surface area contributed by atoms with Gasteiger partial charge in [0.15, 0.2) is 11.5 Å². The molecule has 0 unspecified atom stereocenters. The first-order valence-electron chi connectivity index (χ1n) is 9.91. The number of ether oxygens (including phenoxy) is 6. The van der Waals surface area contributed by atoms with Gasteiger partial charge in [-0.3, -0.25) is 4.90 Å². The molecule has 0 saturated heterocycles. The second-order valence-electron chi connectivity index (χ2n) is 6.20. The molecule has 0 heterocycles. The molecule has 0 amide bonds. The van der Waals surface area contributed by atoms with Crippen LogP contribution < -0.4 is 9.47 Å². The number of hydrogen-bond donors (Lipinski definition) is 0. The zero-order valence-electron chi connectivity index (χ0n) is 17.9. The van der Waals surface area contributed by atoms with Crippen LogP contribution in [0, 0.1) is 0 Å². The Bertz CT molecular complexity index is 470. The van der Waals surface area contributed by atoms with Crippen LogP contribution in [0.4, 0.5) is 0 Å². The molecule has 1 aromatic rings. The SMILES string of the molecule is CCc1cccc(OC)c1OCCOCCOCCN(CCOC)CCOC. The first-order chi connectivity index (χ1) is 13.8. The van der Waals surface area contributed by atoms with Crippen LogP contribution >= 0.6 is 0 Å². The van der Waals surface area contributed by atoms with Crippen molar-refractivity contribution in [1.82, 2.24) is 4.90 Å². The quantitative estimate of drug-likeness (QED) is 0.351. The summed E-state index contributed by atoms with van der Waals surface area (Å²) in [6.07, 6.45) is 0.896. The molecule has 1 rings (SSSR count). The minimum atomic E-state index is 0.481. The molecule has 0 aliphatic carbocycles. The summed E-state index contributed by atoms with van der Waals surface area (Å²) in [5.74, 6) is 1.56. The van der Waals surface area contributed by atoms with Crippen LogP contribution in [0.5, 0.6) is 11.5 Å². The van der Waals surface area contributed by atoms with Gasteiger partial charge >= 0.3 is 0 Å². The summed E-state index contributed by atoms with van der Waals surface area (Å²) in [6, 6.07) is 5.94. The minimum absolute atomic E-state index is 0.481. The first-order valence-corrected chi connectivity index (χ1v) is 9.91. The Kier molecular flexibility index (Phi) is 14.6. The molecule has 0 spiro atoms. The van der Waals surface area contributed by atoms with Gasteiger partial charge in [-0.1, -0.05) is 19.1 Å². The second-order valence-corrected chi connectivity index (χ2v) is 6.20. The zero-order chi connectivity index (χ0) is 20.5. The van der Waals surface area contributed by atoms with E-state index in [2.05, 4.69) is 17.9 Å². The summed E-state index contributed by atoms with van der Waals surface area (Å²) in [4.78, 5) is 2.26. The van der Waals surface area contributed by atoms with E-state index in [0.29, 0.717) is 46.2 Å². The van der Waals surface area contributed by atoms with Gasteiger partial charge in [0.1, 0.15) is 6.61 Å². The molecule has 0 aromatic heterocycles. The fraction of sp³-hybridized carbons (Fsp3) is 0.714. The maximum Gasteiger partial charge on any atom is 0.164 e. The molecule has 0 atom stereocenters. The topological polar surface area (TPSA) is 58.6 Å². The number of hydrogen-bond acceptors (Lipinski definition) is 7. The van der Waals surface area contributed by atoms with Crippen molar-refractivity contribution < 1.29 is 28.4 Å². The fourth-order valence-electron chi connectivity index (χ4n) is 2.66. The Balaban J connectivity index is 2.12. The third kappa shape index (κ3) is 10.2. The first kappa shape index (κ1) is 24.7. The van der Waals surface area contributed by atoms with Crippen LogP contribution in [0.1, 0.15) is 12.5 Å². The molecule has 7 nitrogen and oxygen atoms in total. The van der Waals surface area contributed by atoms with Gasteiger partial charge in [0.25, 0.3) is 0 Å². The maximum atomic E-state index is 5.86. The molecule has 28 heavy (non-hydrogen) atoms. The number of para-hydroxylation sites is 1. The van der Waals surface area contributed by atoms with Crippen LogP contribution in [0.25, 0.3) is 0 Å². The predicted molar refractivity (Wildman–Crippen MR) is 110 cm³/mol. The molecular formula is C21H37NO6. The van der Waals surface area contributed by atoms with Gasteiger partial charge in [-0.25, -0.2) is 0 Å². The van der Waals surface area contributed by atoms with E-state index < -0.39 is 0 Å². The van der Waals surface area contributed by atoms with Crippen molar-refractivity contribution in [3.8, 4) is 11.5 Å². The molecule has 0 bridgehead atoms. The van der Waals surface area contributed by atoms with Crippen molar-refractivity contribution in [2.75, 3.05) is 87.2 Å². The lowest BCUT2D eigenvalue weighted by molar-refractivity contribution is 0.0241. The number of nitrogens with zero attached hydrogens (tertiary/aromatic N) is 1. The Labute approximate surface area is 169 Å². The van der Waals surface area contributed by atoms with Crippen LogP contribution in [0.2, 0.25) is 0 Å². The molecule has 7 heteroatoms. The van der Waals surface area contributed by atoms with Gasteiger partial charge < -0.3 is 28.4 Å². The highest BCUT2D eigenvalue weighted by atomic mass is 16.6. The van der Waals surface area contributed by atoms with Crippen LogP contribution in [0.3, 0.4) is 0 Å². The van der Waals surface area contributed by atoms with Crippen molar-refractivity contribution in [2.45, 2.75) is 13.3 Å². The molecule has 0 aliphatic rings. The Morgan fingerprint density at radius 2 is 1.36 bits per heavy atom. The van der Waals surface area contributed by atoms with Crippen molar-refractivity contribution in [2.24, 2.45) is 0 Å². The number of benzene rings is 1. The molecule has 0 radical (unpaired) electrons. The normalized spacial score (nSPS) is 11.2. The average molecular weight is 400 g/mol. The third-order valence-corrected chi connectivity index (χ3v) is 4.28. The van der Waals surface area contributed by atoms with E-state index in [1.165, 1.54) is 0 Å². The lowest BCUT2D eigenvalue weighted by Gasteiger charge is -2.21. The molecule has 0 N–H and O–H groups in total. The van der Waals surface area contributed by atoms with Crippen molar-refractivity contribution >= 4 is 0 Å². The van der Waals surface area contributed by atoms with E-state index in [1.807, 2.05) is 12.1 Å². The molecule has 0 fully saturated rings. The summed E-state index contributed by atoms with van der Waals surface area (Å²) < 4.78 is 32.7. The van der Waals surface area contributed by atoms with E-state index >= 15 is 0 Å². The van der Waals surface area contributed by atoms with Crippen molar-refractivity contribution in [1.29, 1.82) is 0 Å². The third-order valence-electron chi connectivity index (χ3n) is 4.28. The van der Waals surface area contributed by atoms with E-state index in [1.54, 1.807) is 21.3 Å². The van der Waals surface area contributed by atoms with Crippen LogP contribution in [-0.2, 0) is 25.4 Å². The van der Waals surface area contributed by atoms with E-state index in [0.717, 1.165) is 43.1 Å². The zero-order valence-corrected chi connectivity index (χ0v) is 17.9. The lowest BCUT2D eigenvalue weighted by Crippen LogP contribution is -2.33. The Morgan fingerprint density at radius 1 is 0.750 bits per heavy atom. The van der Waals surface area contributed by atoms with E-state index in [4.69, 9.17) is 28.4 Å². The van der Waals surface area contributed by atoms with Gasteiger partial charge in [-0.05, 0) is 18.1 Å². The van der Waals surface area contributed by atoms with E-state index in [9.17, 15) is 0 Å². The van der Waals surface area contributed by atoms with Gasteiger partial charge in [0.05, 0.1) is 46.8 Å². The molecule has 0 saturated carbocycles. The Morgan fingerprint density at radius 3 is 1.96 bits per heavy atom. The lowest BCUT2D eigenvalue weighted by atomic mass is 10.1. The smallest absolute Gasteiger partial charge is 0.164 e. The molecule has 1 aromatic carbocycles. The average Bonchev–Trinajstić information content (AvgIpc) is 2.73. The summed E-state index contributed by atoms with van der Waals surface area (Å²) in [5.41, 5.74) is 1.13. The predicted octanol–water partition coefficient (Wildman–Crippen LogP) is 2.26. The fourth-order valence-corrected chi connectivity index (χ4v) is 2.66. The van der Waals surface area contributed by atoms with Gasteiger partial charge in [-0.2, -0.15) is 0 Å². The monoisotopic (exact) mass is 399 g/mol. The highest BCUT2D eigenvalue weighted by molar-refractivity contribution is 5.46. The largest absolute Gasteiger partial charge is 0.493 e. The number of rotatable bonds is 18. The van der Waals surface area contributed by atoms with Crippen molar-refractivity contribution in [3.63, 3.8) is 0 Å². The van der Waals surface area contributed by atoms with Crippen molar-refractivity contribution in [3.05, 3.63) is 23.8 Å². The highest BCUT2D eigenvalue weighted by Crippen LogP contribution is 2.31.